The van der Waals surface area contributed by atoms with Crippen LogP contribution >= 0.6 is 0 Å². The van der Waals surface area contributed by atoms with Crippen LogP contribution in [0.25, 0.3) is 77.4 Å². The van der Waals surface area contributed by atoms with E-state index in [1.165, 1.54) is 77.1 Å². The van der Waals surface area contributed by atoms with Crippen LogP contribution in [0.5, 0.6) is 0 Å². The molecule has 2 aromatic heterocycles. The number of hydrogen-bond acceptors (Lipinski definition) is 1. The third-order valence-corrected chi connectivity index (χ3v) is 13.6. The van der Waals surface area contributed by atoms with Crippen LogP contribution < -0.4 is 0 Å². The third-order valence-electron chi connectivity index (χ3n) is 13.6. The molecule has 2 heterocycles. The van der Waals surface area contributed by atoms with Crippen LogP contribution in [0, 0.1) is 20.8 Å². The smallest absolute Gasteiger partial charge is 0.161 e. The zero-order valence-electron chi connectivity index (χ0n) is 40.9. The van der Waals surface area contributed by atoms with Crippen molar-refractivity contribution in [2.75, 3.05) is 0 Å². The van der Waals surface area contributed by atoms with Crippen molar-refractivity contribution in [2.24, 2.45) is 9.98 Å². The molecule has 0 radical (unpaired) electrons. The van der Waals surface area contributed by atoms with Gasteiger partial charge in [-0.2, -0.15) is 0 Å². The average Bonchev–Trinajstić information content (AvgIpc) is 3.90. The molecule has 4 heteroatoms. The zero-order chi connectivity index (χ0) is 47.3. The molecule has 1 atom stereocenters. The normalized spacial score (nSPS) is 12.8. The lowest BCUT2D eigenvalue weighted by molar-refractivity contribution is 0.735. The molecule has 8 aromatic carbocycles. The maximum atomic E-state index is 5.62. The Morgan fingerprint density at radius 2 is 1.03 bits per heavy atom. The van der Waals surface area contributed by atoms with Gasteiger partial charge in [-0.15, -0.1) is 0 Å². The Morgan fingerprint density at radius 3 is 1.60 bits per heavy atom. The lowest BCUT2D eigenvalue weighted by Crippen LogP contribution is -2.07. The van der Waals surface area contributed by atoms with Gasteiger partial charge in [-0.05, 0) is 134 Å². The van der Waals surface area contributed by atoms with E-state index >= 15 is 0 Å². The summed E-state index contributed by atoms with van der Waals surface area (Å²) in [5, 5.41) is 4.85. The van der Waals surface area contributed by atoms with Crippen LogP contribution in [0.1, 0.15) is 87.6 Å². The molecule has 0 N–H and O–H groups in total. The Bertz CT molecular complexity index is 3480. The molecule has 0 saturated heterocycles. The molecule has 0 saturated carbocycles. The summed E-state index contributed by atoms with van der Waals surface area (Å²) in [5.74, 6) is 1.97. The van der Waals surface area contributed by atoms with Crippen molar-refractivity contribution in [3.8, 4) is 27.9 Å². The van der Waals surface area contributed by atoms with Crippen LogP contribution in [0.3, 0.4) is 0 Å². The topological polar surface area (TPSA) is 34.6 Å². The van der Waals surface area contributed by atoms with Gasteiger partial charge in [0.25, 0.3) is 0 Å². The number of para-hydroxylation sites is 3. The van der Waals surface area contributed by atoms with E-state index < -0.39 is 0 Å². The second-order valence-corrected chi connectivity index (χ2v) is 18.1. The molecule has 0 fully saturated rings. The minimum absolute atomic E-state index is 0.369. The number of rotatable bonds is 10. The van der Waals surface area contributed by atoms with Gasteiger partial charge in [0.05, 0.1) is 22.1 Å². The van der Waals surface area contributed by atoms with Crippen molar-refractivity contribution in [2.45, 2.75) is 80.6 Å². The average molecular weight is 887 g/mol. The van der Waals surface area contributed by atoms with Gasteiger partial charge in [-0.1, -0.05) is 179 Å². The van der Waals surface area contributed by atoms with Crippen LogP contribution in [0.2, 0.25) is 0 Å². The van der Waals surface area contributed by atoms with Crippen molar-refractivity contribution in [1.29, 1.82) is 0 Å². The van der Waals surface area contributed by atoms with Gasteiger partial charge in [0.15, 0.2) is 5.84 Å². The SMILES string of the molecule is CC/C=C(/N=C(N=C(C)CC)c1ccc(-c2ccccc2C)c(C(C)CC)c1)n1c2ccccc2c2ccc3c4ccccc4n(-c4ccccc4)c3c21.Cc1ccccc1-c1ccccc1C. The summed E-state index contributed by atoms with van der Waals surface area (Å²) in [6.07, 6.45) is 4.96. The number of amidine groups is 1. The fourth-order valence-electron chi connectivity index (χ4n) is 9.68. The molecular formula is C64H62N4. The summed E-state index contributed by atoms with van der Waals surface area (Å²) < 4.78 is 4.82. The first-order valence-corrected chi connectivity index (χ1v) is 24.4. The summed E-state index contributed by atoms with van der Waals surface area (Å²) in [5.41, 5.74) is 18.3. The van der Waals surface area contributed by atoms with E-state index in [0.29, 0.717) is 5.92 Å². The van der Waals surface area contributed by atoms with Gasteiger partial charge in [0, 0.05) is 38.5 Å². The fraction of sp³-hybridized carbons (Fsp3) is 0.188. The first-order valence-electron chi connectivity index (χ1n) is 24.4. The van der Waals surface area contributed by atoms with E-state index in [1.807, 2.05) is 0 Å². The molecule has 0 amide bonds. The highest BCUT2D eigenvalue weighted by molar-refractivity contribution is 6.24. The van der Waals surface area contributed by atoms with Crippen LogP contribution in [-0.2, 0) is 0 Å². The van der Waals surface area contributed by atoms with Crippen LogP contribution in [0.4, 0.5) is 0 Å². The molecule has 338 valence electrons. The third kappa shape index (κ3) is 8.75. The Labute approximate surface area is 402 Å². The maximum absolute atomic E-state index is 5.62. The first kappa shape index (κ1) is 45.6. The Balaban J connectivity index is 0.000000352. The second kappa shape index (κ2) is 20.1. The minimum Gasteiger partial charge on any atom is -0.307 e. The number of nitrogens with zero attached hydrogens (tertiary/aromatic N) is 4. The standard InChI is InChI=1S/C50H48N4.C14H14/c1-7-19-47(52-50(51-35(6)9-3)36-28-29-39(44(32-36)33(4)8-2)38-23-14-13-20-34(38)5)54-46-27-18-16-25-41(46)43-31-30-42-40-24-15-17-26-45(40)53(48(42)49(43)54)37-21-11-10-12-22-37;1-11-7-3-5-9-13(11)14-10-6-4-8-12(14)2/h10-33H,7-9H2,1-6H3;3-10H,1-2H3/b47-19-,51-35?,52-50?;. The van der Waals surface area contributed by atoms with Gasteiger partial charge in [-0.25, -0.2) is 9.98 Å². The summed E-state index contributed by atoms with van der Waals surface area (Å²) >= 11 is 0. The quantitative estimate of drug-likeness (QED) is 0.0969. The predicted molar refractivity (Wildman–Crippen MR) is 295 cm³/mol. The lowest BCUT2D eigenvalue weighted by atomic mass is 9.87. The maximum Gasteiger partial charge on any atom is 0.161 e. The van der Waals surface area contributed by atoms with Crippen LogP contribution in [0.15, 0.2) is 198 Å². The van der Waals surface area contributed by atoms with Gasteiger partial charge < -0.3 is 4.57 Å². The summed E-state index contributed by atoms with van der Waals surface area (Å²) in [6, 6.07) is 65.4. The number of hydrogen-bond donors (Lipinski definition) is 0. The van der Waals surface area contributed by atoms with E-state index in [1.54, 1.807) is 0 Å². The number of benzene rings is 8. The predicted octanol–water partition coefficient (Wildman–Crippen LogP) is 17.9. The molecule has 4 nitrogen and oxygen atoms in total. The highest BCUT2D eigenvalue weighted by Gasteiger charge is 2.23. The second-order valence-electron chi connectivity index (χ2n) is 18.1. The van der Waals surface area contributed by atoms with Gasteiger partial charge >= 0.3 is 0 Å². The van der Waals surface area contributed by atoms with E-state index in [0.717, 1.165) is 58.9 Å². The van der Waals surface area contributed by atoms with Crippen molar-refractivity contribution in [3.05, 3.63) is 216 Å². The monoisotopic (exact) mass is 886 g/mol. The van der Waals surface area contributed by atoms with Gasteiger partial charge in [0.2, 0.25) is 0 Å². The molecule has 1 unspecified atom stereocenters. The summed E-state index contributed by atoms with van der Waals surface area (Å²) in [6.45, 7) is 17.6. The Kier molecular flexibility index (Phi) is 13.5. The van der Waals surface area contributed by atoms with Gasteiger partial charge in [0.1, 0.15) is 5.82 Å². The molecular weight excluding hydrogens is 825 g/mol. The number of fused-ring (bicyclic) bond motifs is 7. The minimum atomic E-state index is 0.369. The van der Waals surface area contributed by atoms with Gasteiger partial charge in [-0.3, -0.25) is 4.57 Å². The molecule has 0 aliphatic heterocycles. The van der Waals surface area contributed by atoms with E-state index in [4.69, 9.17) is 9.98 Å². The zero-order valence-corrected chi connectivity index (χ0v) is 40.9. The van der Waals surface area contributed by atoms with Crippen molar-refractivity contribution in [1.82, 2.24) is 9.13 Å². The first-order chi connectivity index (χ1) is 33.2. The van der Waals surface area contributed by atoms with E-state index in [9.17, 15) is 0 Å². The highest BCUT2D eigenvalue weighted by Crippen LogP contribution is 2.42. The number of aryl methyl sites for hydroxylation is 3. The molecule has 0 bridgehead atoms. The number of allylic oxidation sites excluding steroid dienone is 1. The molecule has 10 aromatic rings. The molecule has 0 aliphatic rings. The lowest BCUT2D eigenvalue weighted by Gasteiger charge is -2.19. The Hall–Kier alpha value is -7.56. The fourth-order valence-corrected chi connectivity index (χ4v) is 9.68. The van der Waals surface area contributed by atoms with Crippen molar-refractivity contribution in [3.63, 3.8) is 0 Å². The summed E-state index contributed by atoms with van der Waals surface area (Å²) in [7, 11) is 0. The Morgan fingerprint density at radius 1 is 0.515 bits per heavy atom. The number of aliphatic imine (C=N–C) groups is 2. The largest absolute Gasteiger partial charge is 0.307 e. The van der Waals surface area contributed by atoms with Crippen LogP contribution in [-0.4, -0.2) is 20.7 Å². The molecule has 68 heavy (non-hydrogen) atoms. The van der Waals surface area contributed by atoms with E-state index in [-0.39, 0.29) is 0 Å². The number of aromatic nitrogens is 2. The highest BCUT2D eigenvalue weighted by atomic mass is 15.1. The molecule has 0 spiro atoms. The van der Waals surface area contributed by atoms with Crippen molar-refractivity contribution >= 4 is 61.0 Å². The summed E-state index contributed by atoms with van der Waals surface area (Å²) in [4.78, 5) is 10.9. The van der Waals surface area contributed by atoms with E-state index in [2.05, 4.69) is 253 Å². The molecule has 0 aliphatic carbocycles. The van der Waals surface area contributed by atoms with Crippen molar-refractivity contribution < 1.29 is 0 Å². The molecule has 10 rings (SSSR count).